The van der Waals surface area contributed by atoms with Crippen LogP contribution < -0.4 is 5.56 Å². The molecule has 0 atom stereocenters. The van der Waals surface area contributed by atoms with Gasteiger partial charge in [-0.3, -0.25) is 14.6 Å². The molecule has 2 rings (SSSR count). The highest BCUT2D eigenvalue weighted by atomic mass is 79.9. The van der Waals surface area contributed by atoms with Crippen molar-refractivity contribution in [2.75, 3.05) is 0 Å². The fourth-order valence-electron chi connectivity index (χ4n) is 1.59. The van der Waals surface area contributed by atoms with E-state index in [9.17, 15) is 4.79 Å². The lowest BCUT2D eigenvalue weighted by molar-refractivity contribution is 0.741. The van der Waals surface area contributed by atoms with Crippen molar-refractivity contribution in [1.29, 1.82) is 0 Å². The SMILES string of the molecule is Cc1c(-c2ccccc2Br)[nH]n(C)c1=O. The highest BCUT2D eigenvalue weighted by Gasteiger charge is 2.11. The van der Waals surface area contributed by atoms with Crippen molar-refractivity contribution in [2.45, 2.75) is 6.92 Å². The first-order valence-electron chi connectivity index (χ1n) is 4.61. The van der Waals surface area contributed by atoms with E-state index in [1.54, 1.807) is 7.05 Å². The molecule has 0 saturated carbocycles. The Balaban J connectivity index is 2.70. The highest BCUT2D eigenvalue weighted by molar-refractivity contribution is 9.10. The minimum atomic E-state index is 0.0146. The lowest BCUT2D eigenvalue weighted by atomic mass is 10.1. The van der Waals surface area contributed by atoms with E-state index in [0.717, 1.165) is 21.3 Å². The summed E-state index contributed by atoms with van der Waals surface area (Å²) in [5.41, 5.74) is 2.63. The monoisotopic (exact) mass is 266 g/mol. The van der Waals surface area contributed by atoms with E-state index < -0.39 is 0 Å². The number of aryl methyl sites for hydroxylation is 1. The summed E-state index contributed by atoms with van der Waals surface area (Å²) in [6, 6.07) is 7.83. The lowest BCUT2D eigenvalue weighted by Crippen LogP contribution is -2.12. The van der Waals surface area contributed by atoms with E-state index in [0.29, 0.717) is 0 Å². The summed E-state index contributed by atoms with van der Waals surface area (Å²) in [6.45, 7) is 1.83. The largest absolute Gasteiger partial charge is 0.295 e. The zero-order valence-corrected chi connectivity index (χ0v) is 10.1. The van der Waals surface area contributed by atoms with Crippen molar-refractivity contribution in [3.05, 3.63) is 44.7 Å². The molecule has 1 heterocycles. The van der Waals surface area contributed by atoms with Gasteiger partial charge in [-0.25, -0.2) is 0 Å². The standard InChI is InChI=1S/C11H11BrN2O/c1-7-10(13-14(2)11(7)15)8-5-3-4-6-9(8)12/h3-6,13H,1-2H3. The molecule has 0 amide bonds. The molecule has 2 aromatic rings. The molecule has 0 aliphatic rings. The molecule has 1 aromatic carbocycles. The van der Waals surface area contributed by atoms with Crippen LogP contribution in [0.3, 0.4) is 0 Å². The van der Waals surface area contributed by atoms with Crippen molar-refractivity contribution >= 4 is 15.9 Å². The Morgan fingerprint density at radius 1 is 1.33 bits per heavy atom. The molecule has 1 aromatic heterocycles. The maximum Gasteiger partial charge on any atom is 0.269 e. The van der Waals surface area contributed by atoms with Gasteiger partial charge in [0.05, 0.1) is 5.69 Å². The summed E-state index contributed by atoms with van der Waals surface area (Å²) in [5.74, 6) is 0. The van der Waals surface area contributed by atoms with Gasteiger partial charge in [0, 0.05) is 22.6 Å². The quantitative estimate of drug-likeness (QED) is 0.846. The van der Waals surface area contributed by atoms with Crippen molar-refractivity contribution in [3.8, 4) is 11.3 Å². The summed E-state index contributed by atoms with van der Waals surface area (Å²) in [6.07, 6.45) is 0. The molecule has 0 fully saturated rings. The van der Waals surface area contributed by atoms with Crippen LogP contribution in [-0.2, 0) is 7.05 Å². The first-order valence-corrected chi connectivity index (χ1v) is 5.41. The lowest BCUT2D eigenvalue weighted by Gasteiger charge is -2.01. The first kappa shape index (κ1) is 10.2. The second kappa shape index (κ2) is 3.70. The van der Waals surface area contributed by atoms with Gasteiger partial charge in [-0.05, 0) is 13.0 Å². The van der Waals surface area contributed by atoms with Gasteiger partial charge in [-0.15, -0.1) is 0 Å². The normalized spacial score (nSPS) is 10.6. The fraction of sp³-hybridized carbons (Fsp3) is 0.182. The van der Waals surface area contributed by atoms with Crippen LogP contribution in [0.4, 0.5) is 0 Å². The van der Waals surface area contributed by atoms with Gasteiger partial charge in [0.15, 0.2) is 0 Å². The molecule has 0 saturated heterocycles. The number of nitrogens with zero attached hydrogens (tertiary/aromatic N) is 1. The van der Waals surface area contributed by atoms with Crippen molar-refractivity contribution in [2.24, 2.45) is 7.05 Å². The summed E-state index contributed by atoms with van der Waals surface area (Å²) >= 11 is 3.47. The van der Waals surface area contributed by atoms with Gasteiger partial charge >= 0.3 is 0 Å². The summed E-state index contributed by atoms with van der Waals surface area (Å²) in [5, 5.41) is 3.04. The molecule has 4 heteroatoms. The molecular formula is C11H11BrN2O. The van der Waals surface area contributed by atoms with Gasteiger partial charge in [0.1, 0.15) is 0 Å². The van der Waals surface area contributed by atoms with E-state index in [1.165, 1.54) is 4.68 Å². The number of halogens is 1. The fourth-order valence-corrected chi connectivity index (χ4v) is 2.07. The van der Waals surface area contributed by atoms with Crippen LogP contribution in [0.25, 0.3) is 11.3 Å². The Labute approximate surface area is 95.9 Å². The number of aromatic nitrogens is 2. The average Bonchev–Trinajstić information content (AvgIpc) is 2.47. The van der Waals surface area contributed by atoms with E-state index in [-0.39, 0.29) is 5.56 Å². The van der Waals surface area contributed by atoms with Gasteiger partial charge in [0.25, 0.3) is 5.56 Å². The first-order chi connectivity index (χ1) is 7.11. The zero-order chi connectivity index (χ0) is 11.0. The molecular weight excluding hydrogens is 256 g/mol. The predicted octanol–water partition coefficient (Wildman–Crippen LogP) is 2.45. The number of hydrogen-bond donors (Lipinski definition) is 1. The van der Waals surface area contributed by atoms with Crippen LogP contribution in [0.15, 0.2) is 33.5 Å². The van der Waals surface area contributed by atoms with E-state index in [4.69, 9.17) is 0 Å². The molecule has 15 heavy (non-hydrogen) atoms. The third kappa shape index (κ3) is 1.65. The third-order valence-electron chi connectivity index (χ3n) is 2.42. The van der Waals surface area contributed by atoms with E-state index >= 15 is 0 Å². The smallest absolute Gasteiger partial charge is 0.269 e. The Morgan fingerprint density at radius 2 is 2.00 bits per heavy atom. The number of aromatic amines is 1. The second-order valence-electron chi connectivity index (χ2n) is 3.46. The van der Waals surface area contributed by atoms with Crippen LogP contribution in [0.1, 0.15) is 5.56 Å². The maximum atomic E-state index is 11.6. The summed E-state index contributed by atoms with van der Waals surface area (Å²) in [7, 11) is 1.72. The molecule has 1 N–H and O–H groups in total. The predicted molar refractivity (Wildman–Crippen MR) is 63.9 cm³/mol. The Bertz CT molecular complexity index is 554. The number of H-pyrrole nitrogens is 1. The maximum absolute atomic E-state index is 11.6. The summed E-state index contributed by atoms with van der Waals surface area (Å²) in [4.78, 5) is 11.6. The van der Waals surface area contributed by atoms with E-state index in [1.807, 2.05) is 31.2 Å². The van der Waals surface area contributed by atoms with E-state index in [2.05, 4.69) is 21.0 Å². The Morgan fingerprint density at radius 3 is 2.53 bits per heavy atom. The number of rotatable bonds is 1. The third-order valence-corrected chi connectivity index (χ3v) is 3.11. The van der Waals surface area contributed by atoms with Gasteiger partial charge in [-0.1, -0.05) is 34.1 Å². The Hall–Kier alpha value is -1.29. The average molecular weight is 267 g/mol. The van der Waals surface area contributed by atoms with Crippen LogP contribution >= 0.6 is 15.9 Å². The van der Waals surface area contributed by atoms with Crippen LogP contribution in [0.5, 0.6) is 0 Å². The molecule has 78 valence electrons. The minimum Gasteiger partial charge on any atom is -0.295 e. The van der Waals surface area contributed by atoms with Crippen LogP contribution in [0.2, 0.25) is 0 Å². The molecule has 3 nitrogen and oxygen atoms in total. The summed E-state index contributed by atoms with van der Waals surface area (Å²) < 4.78 is 2.47. The van der Waals surface area contributed by atoms with Crippen molar-refractivity contribution in [1.82, 2.24) is 9.78 Å². The molecule has 0 aliphatic heterocycles. The molecule has 0 aliphatic carbocycles. The van der Waals surface area contributed by atoms with Gasteiger partial charge in [0.2, 0.25) is 0 Å². The van der Waals surface area contributed by atoms with Crippen molar-refractivity contribution in [3.63, 3.8) is 0 Å². The molecule has 0 radical (unpaired) electrons. The zero-order valence-electron chi connectivity index (χ0n) is 8.54. The molecule has 0 bridgehead atoms. The minimum absolute atomic E-state index is 0.0146. The molecule has 0 unspecified atom stereocenters. The van der Waals surface area contributed by atoms with Crippen molar-refractivity contribution < 1.29 is 0 Å². The van der Waals surface area contributed by atoms with Gasteiger partial charge < -0.3 is 0 Å². The highest BCUT2D eigenvalue weighted by Crippen LogP contribution is 2.27. The van der Waals surface area contributed by atoms with Crippen LogP contribution in [0, 0.1) is 6.92 Å². The second-order valence-corrected chi connectivity index (χ2v) is 4.31. The van der Waals surface area contributed by atoms with Gasteiger partial charge in [-0.2, -0.15) is 0 Å². The number of nitrogens with one attached hydrogen (secondary N) is 1. The number of benzene rings is 1. The Kier molecular flexibility index (Phi) is 2.52. The topological polar surface area (TPSA) is 37.8 Å². The van der Waals surface area contributed by atoms with Crippen LogP contribution in [-0.4, -0.2) is 9.78 Å². The number of hydrogen-bond acceptors (Lipinski definition) is 1. The molecule has 0 spiro atoms.